The Bertz CT molecular complexity index is 677. The molecule has 116 valence electrons. The van der Waals surface area contributed by atoms with E-state index in [1.54, 1.807) is 0 Å². The lowest BCUT2D eigenvalue weighted by molar-refractivity contribution is 0.102. The fraction of sp³-hybridized carbons (Fsp3) is 0.375. The molecule has 0 aliphatic carbocycles. The van der Waals surface area contributed by atoms with Gasteiger partial charge in [0.25, 0.3) is 5.91 Å². The molecule has 1 atom stereocenters. The van der Waals surface area contributed by atoms with E-state index in [1.165, 1.54) is 0 Å². The number of amides is 1. The van der Waals surface area contributed by atoms with E-state index >= 15 is 0 Å². The van der Waals surface area contributed by atoms with Crippen molar-refractivity contribution in [3.63, 3.8) is 0 Å². The van der Waals surface area contributed by atoms with Crippen molar-refractivity contribution in [1.29, 1.82) is 0 Å². The molecule has 1 saturated heterocycles. The molecule has 1 unspecified atom stereocenters. The zero-order valence-corrected chi connectivity index (χ0v) is 14.0. The maximum atomic E-state index is 12.3. The van der Waals surface area contributed by atoms with Crippen LogP contribution >= 0.6 is 15.9 Å². The average molecular weight is 363 g/mol. The summed E-state index contributed by atoms with van der Waals surface area (Å²) in [6.07, 6.45) is 2.28. The summed E-state index contributed by atoms with van der Waals surface area (Å²) in [5.41, 5.74) is 3.31. The zero-order valence-electron chi connectivity index (χ0n) is 12.4. The second-order valence-corrected chi connectivity index (χ2v) is 6.52. The highest BCUT2D eigenvalue weighted by atomic mass is 79.9. The Balaban J connectivity index is 1.69. The minimum atomic E-state index is -0.187. The summed E-state index contributed by atoms with van der Waals surface area (Å²) in [6.45, 7) is 4.00. The van der Waals surface area contributed by atoms with E-state index in [4.69, 9.17) is 0 Å². The first-order valence-corrected chi connectivity index (χ1v) is 8.26. The Labute approximate surface area is 138 Å². The van der Waals surface area contributed by atoms with Crippen LogP contribution in [-0.2, 0) is 0 Å². The van der Waals surface area contributed by atoms with E-state index in [9.17, 15) is 4.79 Å². The first kappa shape index (κ1) is 15.2. The summed E-state index contributed by atoms with van der Waals surface area (Å²) >= 11 is 3.45. The summed E-state index contributed by atoms with van der Waals surface area (Å²) in [6, 6.07) is 7.58. The molecule has 1 amide bonds. The number of benzene rings is 1. The van der Waals surface area contributed by atoms with Crippen molar-refractivity contribution in [1.82, 2.24) is 15.5 Å². The number of aryl methyl sites for hydroxylation is 1. The van der Waals surface area contributed by atoms with E-state index in [0.29, 0.717) is 11.6 Å². The predicted molar refractivity (Wildman–Crippen MR) is 90.3 cm³/mol. The molecule has 2 heterocycles. The van der Waals surface area contributed by atoms with Crippen molar-refractivity contribution in [2.24, 2.45) is 0 Å². The van der Waals surface area contributed by atoms with Crippen molar-refractivity contribution >= 4 is 27.5 Å². The summed E-state index contributed by atoms with van der Waals surface area (Å²) in [5.74, 6) is 0.228. The number of aromatic amines is 1. The Morgan fingerprint density at radius 3 is 3.00 bits per heavy atom. The Morgan fingerprint density at radius 2 is 2.27 bits per heavy atom. The van der Waals surface area contributed by atoms with Crippen molar-refractivity contribution in [3.8, 4) is 0 Å². The van der Waals surface area contributed by atoms with Gasteiger partial charge in [-0.15, -0.1) is 0 Å². The van der Waals surface area contributed by atoms with Crippen LogP contribution in [0.1, 0.15) is 40.5 Å². The van der Waals surface area contributed by atoms with Crippen LogP contribution in [0.4, 0.5) is 5.69 Å². The molecule has 1 aromatic heterocycles. The molecular weight excluding hydrogens is 344 g/mol. The first-order valence-electron chi connectivity index (χ1n) is 7.47. The number of nitrogens with one attached hydrogen (secondary N) is 3. The average Bonchev–Trinajstić information content (AvgIpc) is 3.02. The molecule has 1 aliphatic rings. The van der Waals surface area contributed by atoms with E-state index in [1.807, 2.05) is 31.2 Å². The molecule has 0 radical (unpaired) electrons. The van der Waals surface area contributed by atoms with Crippen LogP contribution in [0.25, 0.3) is 0 Å². The summed E-state index contributed by atoms with van der Waals surface area (Å²) in [4.78, 5) is 12.3. The topological polar surface area (TPSA) is 69.8 Å². The number of halogens is 1. The molecule has 3 N–H and O–H groups in total. The number of H-pyrrole nitrogens is 1. The minimum Gasteiger partial charge on any atom is -0.321 e. The highest BCUT2D eigenvalue weighted by Crippen LogP contribution is 2.23. The molecule has 1 aliphatic heterocycles. The smallest absolute Gasteiger partial charge is 0.276 e. The second kappa shape index (κ2) is 6.62. The predicted octanol–water partition coefficient (Wildman–Crippen LogP) is 3.20. The van der Waals surface area contributed by atoms with Crippen LogP contribution < -0.4 is 10.6 Å². The number of hydrogen-bond donors (Lipinski definition) is 3. The summed E-state index contributed by atoms with van der Waals surface area (Å²) < 4.78 is 1.03. The lowest BCUT2D eigenvalue weighted by Crippen LogP contribution is -2.28. The number of nitrogens with zero attached hydrogens (tertiary/aromatic N) is 1. The normalized spacial score (nSPS) is 18.2. The highest BCUT2D eigenvalue weighted by molar-refractivity contribution is 9.10. The SMILES string of the molecule is Cc1cc(NC(=O)c2cc(C3CCCNC3)[nH]n2)ccc1Br. The minimum absolute atomic E-state index is 0.187. The maximum absolute atomic E-state index is 12.3. The number of piperidine rings is 1. The number of anilines is 1. The van der Waals surface area contributed by atoms with E-state index in [2.05, 4.69) is 36.8 Å². The van der Waals surface area contributed by atoms with Crippen molar-refractivity contribution in [3.05, 3.63) is 45.7 Å². The lowest BCUT2D eigenvalue weighted by Gasteiger charge is -2.21. The molecule has 0 spiro atoms. The number of carbonyl (C=O) groups is 1. The number of rotatable bonds is 3. The quantitative estimate of drug-likeness (QED) is 0.784. The van der Waals surface area contributed by atoms with Crippen molar-refractivity contribution in [2.45, 2.75) is 25.7 Å². The van der Waals surface area contributed by atoms with Crippen molar-refractivity contribution < 1.29 is 4.79 Å². The van der Waals surface area contributed by atoms with Gasteiger partial charge in [-0.05, 0) is 56.1 Å². The van der Waals surface area contributed by atoms with Gasteiger partial charge in [0, 0.05) is 28.3 Å². The molecule has 0 saturated carbocycles. The summed E-state index contributed by atoms with van der Waals surface area (Å²) in [5, 5.41) is 13.4. The summed E-state index contributed by atoms with van der Waals surface area (Å²) in [7, 11) is 0. The molecule has 2 aromatic rings. The van der Waals surface area contributed by atoms with Gasteiger partial charge in [0.2, 0.25) is 0 Å². The van der Waals surface area contributed by atoms with Crippen LogP contribution in [0.2, 0.25) is 0 Å². The van der Waals surface area contributed by atoms with Crippen LogP contribution in [0.3, 0.4) is 0 Å². The zero-order chi connectivity index (χ0) is 15.5. The Kier molecular flexibility index (Phi) is 4.59. The van der Waals surface area contributed by atoms with Crippen LogP contribution in [0.15, 0.2) is 28.7 Å². The molecule has 1 aromatic carbocycles. The van der Waals surface area contributed by atoms with Gasteiger partial charge in [-0.1, -0.05) is 15.9 Å². The van der Waals surface area contributed by atoms with E-state index < -0.39 is 0 Å². The third-order valence-corrected chi connectivity index (χ3v) is 4.87. The monoisotopic (exact) mass is 362 g/mol. The molecule has 0 bridgehead atoms. The van der Waals surface area contributed by atoms with Gasteiger partial charge in [-0.25, -0.2) is 0 Å². The third kappa shape index (κ3) is 3.39. The van der Waals surface area contributed by atoms with Gasteiger partial charge in [-0.2, -0.15) is 5.10 Å². The number of carbonyl (C=O) groups excluding carboxylic acids is 1. The number of hydrogen-bond acceptors (Lipinski definition) is 3. The largest absolute Gasteiger partial charge is 0.321 e. The highest BCUT2D eigenvalue weighted by Gasteiger charge is 2.19. The van der Waals surface area contributed by atoms with Crippen molar-refractivity contribution in [2.75, 3.05) is 18.4 Å². The van der Waals surface area contributed by atoms with Crippen LogP contribution in [0, 0.1) is 6.92 Å². The Hall–Kier alpha value is -1.66. The van der Waals surface area contributed by atoms with Gasteiger partial charge in [0.1, 0.15) is 0 Å². The standard InChI is InChI=1S/C16H19BrN4O/c1-10-7-12(4-5-13(10)17)19-16(22)15-8-14(20-21-15)11-3-2-6-18-9-11/h4-5,7-8,11,18H,2-3,6,9H2,1H3,(H,19,22)(H,20,21). The van der Waals surface area contributed by atoms with Gasteiger partial charge in [-0.3, -0.25) is 9.89 Å². The molecule has 22 heavy (non-hydrogen) atoms. The molecule has 6 heteroatoms. The van der Waals surface area contributed by atoms with Gasteiger partial charge in [0.05, 0.1) is 0 Å². The van der Waals surface area contributed by atoms with Gasteiger partial charge >= 0.3 is 0 Å². The van der Waals surface area contributed by atoms with Crippen LogP contribution in [0.5, 0.6) is 0 Å². The Morgan fingerprint density at radius 1 is 1.41 bits per heavy atom. The maximum Gasteiger partial charge on any atom is 0.276 e. The third-order valence-electron chi connectivity index (χ3n) is 3.98. The van der Waals surface area contributed by atoms with Crippen LogP contribution in [-0.4, -0.2) is 29.2 Å². The lowest BCUT2D eigenvalue weighted by atomic mass is 9.96. The molecule has 1 fully saturated rings. The van der Waals surface area contributed by atoms with E-state index in [0.717, 1.165) is 47.3 Å². The van der Waals surface area contributed by atoms with Gasteiger partial charge in [0.15, 0.2) is 5.69 Å². The fourth-order valence-corrected chi connectivity index (χ4v) is 2.94. The second-order valence-electron chi connectivity index (χ2n) is 5.67. The fourth-order valence-electron chi connectivity index (χ4n) is 2.70. The first-order chi connectivity index (χ1) is 10.6. The van der Waals surface area contributed by atoms with E-state index in [-0.39, 0.29) is 5.91 Å². The molecule has 3 rings (SSSR count). The number of aromatic nitrogens is 2. The van der Waals surface area contributed by atoms with Gasteiger partial charge < -0.3 is 10.6 Å². The molecule has 5 nitrogen and oxygen atoms in total. The molecular formula is C16H19BrN4O.